The lowest BCUT2D eigenvalue weighted by Crippen LogP contribution is -2.21. The molecule has 0 amide bonds. The summed E-state index contributed by atoms with van der Waals surface area (Å²) in [6.07, 6.45) is 2.76. The molecule has 0 aliphatic carbocycles. The SMILES string of the molecule is CCCOc1cccnc1N(C)CCCl. The smallest absolute Gasteiger partial charge is 0.171 e. The number of aromatic nitrogens is 1. The molecule has 15 heavy (non-hydrogen) atoms. The van der Waals surface area contributed by atoms with Gasteiger partial charge in [0.05, 0.1) is 6.61 Å². The van der Waals surface area contributed by atoms with Crippen molar-refractivity contribution >= 4 is 17.4 Å². The van der Waals surface area contributed by atoms with Crippen molar-refractivity contribution in [2.75, 3.05) is 31.0 Å². The first-order valence-corrected chi connectivity index (χ1v) is 5.68. The maximum Gasteiger partial charge on any atom is 0.171 e. The Hall–Kier alpha value is -0.960. The molecule has 3 nitrogen and oxygen atoms in total. The van der Waals surface area contributed by atoms with E-state index in [-0.39, 0.29) is 0 Å². The van der Waals surface area contributed by atoms with Gasteiger partial charge in [-0.1, -0.05) is 6.92 Å². The molecule has 0 spiro atoms. The number of pyridine rings is 1. The zero-order valence-electron chi connectivity index (χ0n) is 9.24. The fourth-order valence-electron chi connectivity index (χ4n) is 1.23. The number of halogens is 1. The Balaban J connectivity index is 2.75. The minimum atomic E-state index is 0.584. The third kappa shape index (κ3) is 3.59. The van der Waals surface area contributed by atoms with Crippen molar-refractivity contribution in [3.05, 3.63) is 18.3 Å². The van der Waals surface area contributed by atoms with Gasteiger partial charge >= 0.3 is 0 Å². The maximum absolute atomic E-state index is 5.69. The fourth-order valence-corrected chi connectivity index (χ4v) is 1.48. The van der Waals surface area contributed by atoms with Crippen molar-refractivity contribution in [1.29, 1.82) is 0 Å². The number of alkyl halides is 1. The molecular weight excluding hydrogens is 212 g/mol. The molecule has 1 aromatic rings. The van der Waals surface area contributed by atoms with Crippen LogP contribution in [0.4, 0.5) is 5.82 Å². The summed E-state index contributed by atoms with van der Waals surface area (Å²) in [5.74, 6) is 2.26. The van der Waals surface area contributed by atoms with E-state index in [1.54, 1.807) is 6.20 Å². The largest absolute Gasteiger partial charge is 0.490 e. The van der Waals surface area contributed by atoms with E-state index in [1.807, 2.05) is 24.1 Å². The number of nitrogens with zero attached hydrogens (tertiary/aromatic N) is 2. The van der Waals surface area contributed by atoms with Crippen LogP contribution in [0.1, 0.15) is 13.3 Å². The van der Waals surface area contributed by atoms with Crippen molar-refractivity contribution in [3.63, 3.8) is 0 Å². The third-order valence-electron chi connectivity index (χ3n) is 1.99. The molecule has 0 unspecified atom stereocenters. The number of anilines is 1. The molecular formula is C11H17ClN2O. The Morgan fingerprint density at radius 2 is 2.33 bits per heavy atom. The van der Waals surface area contributed by atoms with Crippen LogP contribution in [-0.4, -0.2) is 31.1 Å². The highest BCUT2D eigenvalue weighted by Crippen LogP contribution is 2.24. The maximum atomic E-state index is 5.69. The van der Waals surface area contributed by atoms with E-state index in [9.17, 15) is 0 Å². The van der Waals surface area contributed by atoms with E-state index in [2.05, 4.69) is 11.9 Å². The Morgan fingerprint density at radius 1 is 1.53 bits per heavy atom. The van der Waals surface area contributed by atoms with Crippen LogP contribution in [0.25, 0.3) is 0 Å². The lowest BCUT2D eigenvalue weighted by atomic mass is 10.4. The molecule has 84 valence electrons. The van der Waals surface area contributed by atoms with Crippen LogP contribution >= 0.6 is 11.6 Å². The highest BCUT2D eigenvalue weighted by atomic mass is 35.5. The number of hydrogen-bond acceptors (Lipinski definition) is 3. The first-order valence-electron chi connectivity index (χ1n) is 5.14. The van der Waals surface area contributed by atoms with Crippen LogP contribution in [0.5, 0.6) is 5.75 Å². The van der Waals surface area contributed by atoms with Crippen molar-refractivity contribution < 1.29 is 4.74 Å². The second-order valence-electron chi connectivity index (χ2n) is 3.28. The molecule has 0 atom stereocenters. The number of hydrogen-bond donors (Lipinski definition) is 0. The van der Waals surface area contributed by atoms with Gasteiger partial charge < -0.3 is 9.64 Å². The van der Waals surface area contributed by atoms with Gasteiger partial charge in [0.2, 0.25) is 0 Å². The quantitative estimate of drug-likeness (QED) is 0.700. The molecule has 0 radical (unpaired) electrons. The van der Waals surface area contributed by atoms with E-state index in [1.165, 1.54) is 0 Å². The fraction of sp³-hybridized carbons (Fsp3) is 0.545. The Bertz CT molecular complexity index is 294. The van der Waals surface area contributed by atoms with E-state index in [0.717, 1.165) is 24.5 Å². The van der Waals surface area contributed by atoms with Crippen LogP contribution in [0.2, 0.25) is 0 Å². The first kappa shape index (κ1) is 12.1. The Kier molecular flexibility index (Phi) is 5.26. The van der Waals surface area contributed by atoms with Gasteiger partial charge in [-0.15, -0.1) is 11.6 Å². The summed E-state index contributed by atoms with van der Waals surface area (Å²) in [4.78, 5) is 6.29. The van der Waals surface area contributed by atoms with E-state index in [0.29, 0.717) is 12.5 Å². The van der Waals surface area contributed by atoms with Crippen LogP contribution in [0.15, 0.2) is 18.3 Å². The summed E-state index contributed by atoms with van der Waals surface area (Å²) < 4.78 is 5.61. The van der Waals surface area contributed by atoms with Gasteiger partial charge in [-0.3, -0.25) is 0 Å². The van der Waals surface area contributed by atoms with Gasteiger partial charge in [-0.05, 0) is 18.6 Å². The molecule has 0 aliphatic heterocycles. The zero-order chi connectivity index (χ0) is 11.1. The normalized spacial score (nSPS) is 10.1. The zero-order valence-corrected chi connectivity index (χ0v) is 10.00. The molecule has 0 aromatic carbocycles. The van der Waals surface area contributed by atoms with Crippen molar-refractivity contribution in [2.45, 2.75) is 13.3 Å². The van der Waals surface area contributed by atoms with E-state index >= 15 is 0 Å². The van der Waals surface area contributed by atoms with Gasteiger partial charge in [0.25, 0.3) is 0 Å². The van der Waals surface area contributed by atoms with E-state index in [4.69, 9.17) is 16.3 Å². The molecule has 0 N–H and O–H groups in total. The lowest BCUT2D eigenvalue weighted by molar-refractivity contribution is 0.317. The molecule has 0 fully saturated rings. The summed E-state index contributed by atoms with van der Waals surface area (Å²) in [5, 5.41) is 0. The predicted octanol–water partition coefficient (Wildman–Crippen LogP) is 2.55. The molecule has 1 aromatic heterocycles. The van der Waals surface area contributed by atoms with Crippen molar-refractivity contribution in [3.8, 4) is 5.75 Å². The summed E-state index contributed by atoms with van der Waals surface area (Å²) >= 11 is 5.69. The molecule has 1 rings (SSSR count). The van der Waals surface area contributed by atoms with Crippen LogP contribution in [0.3, 0.4) is 0 Å². The Labute approximate surface area is 96.0 Å². The van der Waals surface area contributed by atoms with Crippen molar-refractivity contribution in [1.82, 2.24) is 4.98 Å². The average Bonchev–Trinajstić information content (AvgIpc) is 2.27. The standard InChI is InChI=1S/C11H17ClN2O/c1-3-9-15-10-5-4-7-13-11(10)14(2)8-6-12/h4-5,7H,3,6,8-9H2,1-2H3. The van der Waals surface area contributed by atoms with Gasteiger partial charge in [0.15, 0.2) is 11.6 Å². The van der Waals surface area contributed by atoms with Gasteiger partial charge in [-0.25, -0.2) is 4.98 Å². The first-order chi connectivity index (χ1) is 7.29. The van der Waals surface area contributed by atoms with Crippen LogP contribution in [0, 0.1) is 0 Å². The van der Waals surface area contributed by atoms with Crippen LogP contribution in [-0.2, 0) is 0 Å². The van der Waals surface area contributed by atoms with Gasteiger partial charge in [0.1, 0.15) is 0 Å². The highest BCUT2D eigenvalue weighted by Gasteiger charge is 2.08. The average molecular weight is 229 g/mol. The molecule has 0 saturated carbocycles. The monoisotopic (exact) mass is 228 g/mol. The molecule has 1 heterocycles. The number of rotatable bonds is 6. The molecule has 4 heteroatoms. The second-order valence-corrected chi connectivity index (χ2v) is 3.66. The third-order valence-corrected chi connectivity index (χ3v) is 2.16. The number of ether oxygens (including phenoxy) is 1. The summed E-state index contributed by atoms with van der Waals surface area (Å²) in [6, 6.07) is 3.81. The predicted molar refractivity (Wildman–Crippen MR) is 64.0 cm³/mol. The van der Waals surface area contributed by atoms with Crippen molar-refractivity contribution in [2.24, 2.45) is 0 Å². The minimum absolute atomic E-state index is 0.584. The molecule has 0 bridgehead atoms. The topological polar surface area (TPSA) is 25.4 Å². The van der Waals surface area contributed by atoms with E-state index < -0.39 is 0 Å². The lowest BCUT2D eigenvalue weighted by Gasteiger charge is -2.19. The summed E-state index contributed by atoms with van der Waals surface area (Å²) in [6.45, 7) is 3.56. The highest BCUT2D eigenvalue weighted by molar-refractivity contribution is 6.18. The van der Waals surface area contributed by atoms with Crippen LogP contribution < -0.4 is 9.64 Å². The Morgan fingerprint density at radius 3 is 3.00 bits per heavy atom. The second kappa shape index (κ2) is 6.51. The molecule has 0 saturated heterocycles. The molecule has 0 aliphatic rings. The van der Waals surface area contributed by atoms with Gasteiger partial charge in [0, 0.05) is 25.7 Å². The minimum Gasteiger partial charge on any atom is -0.490 e. The summed E-state index contributed by atoms with van der Waals surface area (Å²) in [5.41, 5.74) is 0. The van der Waals surface area contributed by atoms with Gasteiger partial charge in [-0.2, -0.15) is 0 Å². The summed E-state index contributed by atoms with van der Waals surface area (Å²) in [7, 11) is 1.96.